The van der Waals surface area contributed by atoms with E-state index in [9.17, 15) is 4.79 Å². The van der Waals surface area contributed by atoms with Crippen molar-refractivity contribution in [2.75, 3.05) is 0 Å². The summed E-state index contributed by atoms with van der Waals surface area (Å²) >= 11 is 11.9. The number of rotatable bonds is 3. The summed E-state index contributed by atoms with van der Waals surface area (Å²) in [4.78, 5) is 13.1. The summed E-state index contributed by atoms with van der Waals surface area (Å²) in [6, 6.07) is 14.6. The standard InChI is InChI=1S/C21H18Cl2O2/c22-16-8-4-13(5-9-16)19-12-15-2-1-3-18(15)21(25-19)20(24)14-6-10-17(23)11-7-14/h4-12,15,18,21H,1-3H2. The van der Waals surface area contributed by atoms with Gasteiger partial charge in [0.1, 0.15) is 5.76 Å². The highest BCUT2D eigenvalue weighted by Gasteiger charge is 2.42. The Morgan fingerprint density at radius 1 is 0.920 bits per heavy atom. The van der Waals surface area contributed by atoms with E-state index < -0.39 is 6.10 Å². The number of ketones is 1. The predicted molar refractivity (Wildman–Crippen MR) is 101 cm³/mol. The molecule has 0 saturated heterocycles. The summed E-state index contributed by atoms with van der Waals surface area (Å²) in [5.41, 5.74) is 1.61. The molecule has 25 heavy (non-hydrogen) atoms. The van der Waals surface area contributed by atoms with Gasteiger partial charge in [0, 0.05) is 27.1 Å². The molecule has 0 N–H and O–H groups in total. The number of hydrogen-bond donors (Lipinski definition) is 0. The molecule has 0 amide bonds. The number of benzene rings is 2. The van der Waals surface area contributed by atoms with Gasteiger partial charge >= 0.3 is 0 Å². The van der Waals surface area contributed by atoms with Gasteiger partial charge in [-0.15, -0.1) is 0 Å². The lowest BCUT2D eigenvalue weighted by molar-refractivity contribution is 0.0503. The van der Waals surface area contributed by atoms with Crippen LogP contribution in [0.25, 0.3) is 5.76 Å². The maximum Gasteiger partial charge on any atom is 0.203 e. The van der Waals surface area contributed by atoms with Crippen molar-refractivity contribution in [2.45, 2.75) is 25.4 Å². The molecule has 0 bridgehead atoms. The highest BCUT2D eigenvalue weighted by Crippen LogP contribution is 2.43. The summed E-state index contributed by atoms with van der Waals surface area (Å²) in [6.07, 6.45) is 5.01. The number of ether oxygens (including phenoxy) is 1. The van der Waals surface area contributed by atoms with Crippen LogP contribution in [-0.4, -0.2) is 11.9 Å². The van der Waals surface area contributed by atoms with Crippen molar-refractivity contribution >= 4 is 34.7 Å². The second-order valence-corrected chi connectivity index (χ2v) is 7.58. The number of hydrogen-bond acceptors (Lipinski definition) is 2. The van der Waals surface area contributed by atoms with Gasteiger partial charge in [-0.25, -0.2) is 0 Å². The second kappa shape index (κ2) is 6.86. The minimum absolute atomic E-state index is 0.0353. The zero-order valence-electron chi connectivity index (χ0n) is 13.6. The van der Waals surface area contributed by atoms with E-state index >= 15 is 0 Å². The van der Waals surface area contributed by atoms with Crippen molar-refractivity contribution in [3.8, 4) is 0 Å². The third-order valence-electron chi connectivity index (χ3n) is 5.15. The molecular formula is C21H18Cl2O2. The van der Waals surface area contributed by atoms with Crippen LogP contribution in [0.15, 0.2) is 54.6 Å². The van der Waals surface area contributed by atoms with E-state index in [1.54, 1.807) is 24.3 Å². The molecule has 4 heteroatoms. The number of carbonyl (C=O) groups is 1. The van der Waals surface area contributed by atoms with E-state index in [0.29, 0.717) is 21.5 Å². The van der Waals surface area contributed by atoms with Gasteiger partial charge in [0.25, 0.3) is 0 Å². The maximum absolute atomic E-state index is 13.1. The number of carbonyl (C=O) groups excluding carboxylic acids is 1. The highest BCUT2D eigenvalue weighted by atomic mass is 35.5. The van der Waals surface area contributed by atoms with Crippen LogP contribution < -0.4 is 0 Å². The van der Waals surface area contributed by atoms with E-state index in [1.165, 1.54) is 0 Å². The Morgan fingerprint density at radius 2 is 1.56 bits per heavy atom. The Labute approximate surface area is 157 Å². The summed E-state index contributed by atoms with van der Waals surface area (Å²) < 4.78 is 6.21. The van der Waals surface area contributed by atoms with Crippen molar-refractivity contribution in [3.05, 3.63) is 75.8 Å². The summed E-state index contributed by atoms with van der Waals surface area (Å²) in [6.45, 7) is 0. The van der Waals surface area contributed by atoms with Crippen molar-refractivity contribution in [3.63, 3.8) is 0 Å². The molecule has 1 fully saturated rings. The predicted octanol–water partition coefficient (Wildman–Crippen LogP) is 6.03. The van der Waals surface area contributed by atoms with Gasteiger partial charge < -0.3 is 4.74 Å². The van der Waals surface area contributed by atoms with Crippen molar-refractivity contribution < 1.29 is 9.53 Å². The Morgan fingerprint density at radius 3 is 2.24 bits per heavy atom. The molecule has 128 valence electrons. The molecule has 0 radical (unpaired) electrons. The summed E-state index contributed by atoms with van der Waals surface area (Å²) in [7, 11) is 0. The maximum atomic E-state index is 13.1. The number of Topliss-reactive ketones (excluding diaryl/α,β-unsaturated/α-hetero) is 1. The van der Waals surface area contributed by atoms with Gasteiger partial charge in [0.15, 0.2) is 6.10 Å². The molecule has 2 aromatic carbocycles. The zero-order chi connectivity index (χ0) is 17.4. The average molecular weight is 373 g/mol. The van der Waals surface area contributed by atoms with Crippen LogP contribution in [0, 0.1) is 11.8 Å². The van der Waals surface area contributed by atoms with Gasteiger partial charge in [0.2, 0.25) is 5.78 Å². The van der Waals surface area contributed by atoms with Crippen molar-refractivity contribution in [2.24, 2.45) is 11.8 Å². The van der Waals surface area contributed by atoms with Crippen molar-refractivity contribution in [1.82, 2.24) is 0 Å². The molecule has 2 aromatic rings. The van der Waals surface area contributed by atoms with Crippen LogP contribution in [-0.2, 0) is 4.74 Å². The fourth-order valence-corrected chi connectivity index (χ4v) is 4.11. The largest absolute Gasteiger partial charge is 0.482 e. The Hall–Kier alpha value is -1.77. The number of fused-ring (bicyclic) bond motifs is 1. The normalized spacial score (nSPS) is 25.0. The fraction of sp³-hybridized carbons (Fsp3) is 0.286. The van der Waals surface area contributed by atoms with Crippen LogP contribution in [0.4, 0.5) is 0 Å². The van der Waals surface area contributed by atoms with Gasteiger partial charge in [-0.3, -0.25) is 4.79 Å². The Kier molecular flexibility index (Phi) is 4.58. The third-order valence-corrected chi connectivity index (χ3v) is 5.65. The molecule has 1 saturated carbocycles. The molecular weight excluding hydrogens is 355 g/mol. The first-order chi connectivity index (χ1) is 12.1. The first-order valence-electron chi connectivity index (χ1n) is 8.56. The third kappa shape index (κ3) is 3.33. The van der Waals surface area contributed by atoms with E-state index in [4.69, 9.17) is 27.9 Å². The van der Waals surface area contributed by atoms with E-state index in [2.05, 4.69) is 6.08 Å². The minimum atomic E-state index is -0.440. The Bertz CT molecular complexity index is 809. The van der Waals surface area contributed by atoms with Gasteiger partial charge in [-0.05, 0) is 73.4 Å². The lowest BCUT2D eigenvalue weighted by Gasteiger charge is -2.33. The molecule has 3 unspecified atom stereocenters. The van der Waals surface area contributed by atoms with E-state index in [-0.39, 0.29) is 11.7 Å². The van der Waals surface area contributed by atoms with Crippen LogP contribution in [0.3, 0.4) is 0 Å². The Balaban J connectivity index is 1.66. The fourth-order valence-electron chi connectivity index (χ4n) is 3.86. The number of allylic oxidation sites excluding steroid dienone is 1. The summed E-state index contributed by atoms with van der Waals surface area (Å²) in [5, 5.41) is 1.31. The zero-order valence-corrected chi connectivity index (χ0v) is 15.1. The van der Waals surface area contributed by atoms with Crippen molar-refractivity contribution in [1.29, 1.82) is 0 Å². The molecule has 0 aromatic heterocycles. The SMILES string of the molecule is O=C(c1ccc(Cl)cc1)C1OC(c2ccc(Cl)cc2)=CC2CCCC21. The monoisotopic (exact) mass is 372 g/mol. The highest BCUT2D eigenvalue weighted by molar-refractivity contribution is 6.31. The van der Waals surface area contributed by atoms with Gasteiger partial charge in [-0.1, -0.05) is 29.6 Å². The lowest BCUT2D eigenvalue weighted by Crippen LogP contribution is -2.36. The first kappa shape index (κ1) is 16.7. The molecule has 3 atom stereocenters. The van der Waals surface area contributed by atoms with Crippen LogP contribution in [0.1, 0.15) is 35.2 Å². The smallest absolute Gasteiger partial charge is 0.203 e. The quantitative estimate of drug-likeness (QED) is 0.614. The van der Waals surface area contributed by atoms with E-state index in [0.717, 1.165) is 30.6 Å². The van der Waals surface area contributed by atoms with Crippen LogP contribution in [0.5, 0.6) is 0 Å². The van der Waals surface area contributed by atoms with Crippen LogP contribution >= 0.6 is 23.2 Å². The molecule has 2 aliphatic rings. The topological polar surface area (TPSA) is 26.3 Å². The molecule has 0 spiro atoms. The van der Waals surface area contributed by atoms with Gasteiger partial charge in [-0.2, -0.15) is 0 Å². The molecule has 1 heterocycles. The van der Waals surface area contributed by atoms with Crippen LogP contribution in [0.2, 0.25) is 10.0 Å². The molecule has 1 aliphatic carbocycles. The molecule has 1 aliphatic heterocycles. The first-order valence-corrected chi connectivity index (χ1v) is 9.31. The minimum Gasteiger partial charge on any atom is -0.482 e. The second-order valence-electron chi connectivity index (χ2n) is 6.71. The van der Waals surface area contributed by atoms with E-state index in [1.807, 2.05) is 24.3 Å². The lowest BCUT2D eigenvalue weighted by atomic mass is 9.83. The summed E-state index contributed by atoms with van der Waals surface area (Å²) in [5.74, 6) is 1.46. The molecule has 2 nitrogen and oxygen atoms in total. The number of halogens is 2. The average Bonchev–Trinajstić information content (AvgIpc) is 3.10. The van der Waals surface area contributed by atoms with Gasteiger partial charge in [0.05, 0.1) is 0 Å². The molecule has 4 rings (SSSR count).